The average molecular weight is 387 g/mol. The predicted octanol–water partition coefficient (Wildman–Crippen LogP) is 3.87. The van der Waals surface area contributed by atoms with Crippen molar-refractivity contribution in [1.82, 2.24) is 5.32 Å². The minimum absolute atomic E-state index is 0.183. The lowest BCUT2D eigenvalue weighted by molar-refractivity contribution is -0.117. The summed E-state index contributed by atoms with van der Waals surface area (Å²) in [6, 6.07) is 9.64. The summed E-state index contributed by atoms with van der Waals surface area (Å²) in [5.41, 5.74) is 2.04. The van der Waals surface area contributed by atoms with E-state index in [1.165, 1.54) is 41.3 Å². The van der Waals surface area contributed by atoms with E-state index in [0.717, 1.165) is 18.4 Å². The number of hydrogen-bond donors (Lipinski definition) is 1. The zero-order valence-corrected chi connectivity index (χ0v) is 15.8. The Morgan fingerprint density at radius 1 is 1.07 bits per heavy atom. The van der Waals surface area contributed by atoms with Crippen LogP contribution in [0.2, 0.25) is 0 Å². The minimum Gasteiger partial charge on any atom is -0.329 e. The van der Waals surface area contributed by atoms with Gasteiger partial charge in [0.1, 0.15) is 11.6 Å². The van der Waals surface area contributed by atoms with Crippen LogP contribution in [0.15, 0.2) is 42.5 Å². The van der Waals surface area contributed by atoms with Gasteiger partial charge in [-0.2, -0.15) is 0 Å². The molecule has 0 radical (unpaired) electrons. The van der Waals surface area contributed by atoms with Gasteiger partial charge in [0.15, 0.2) is 0 Å². The average Bonchev–Trinajstić information content (AvgIpc) is 2.90. The van der Waals surface area contributed by atoms with Gasteiger partial charge in [0.25, 0.3) is 0 Å². The van der Waals surface area contributed by atoms with Crippen molar-refractivity contribution in [2.75, 3.05) is 29.4 Å². The number of aryl methyl sites for hydroxylation is 1. The number of anilines is 2. The fourth-order valence-electron chi connectivity index (χ4n) is 3.40. The summed E-state index contributed by atoms with van der Waals surface area (Å²) in [6.07, 6.45) is 2.38. The molecule has 2 aromatic rings. The van der Waals surface area contributed by atoms with Crippen molar-refractivity contribution in [2.24, 2.45) is 0 Å². The van der Waals surface area contributed by atoms with Crippen LogP contribution in [0.5, 0.6) is 0 Å². The summed E-state index contributed by atoms with van der Waals surface area (Å²) < 4.78 is 26.6. The van der Waals surface area contributed by atoms with Crippen LogP contribution in [0.3, 0.4) is 0 Å². The van der Waals surface area contributed by atoms with Crippen LogP contribution in [0.1, 0.15) is 25.3 Å². The summed E-state index contributed by atoms with van der Waals surface area (Å²) in [5.74, 6) is -0.998. The number of carbonyl (C=O) groups excluding carboxylic acids is 2. The van der Waals surface area contributed by atoms with E-state index in [1.54, 1.807) is 11.0 Å². The van der Waals surface area contributed by atoms with Gasteiger partial charge in [-0.3, -0.25) is 9.69 Å². The molecule has 0 spiro atoms. The van der Waals surface area contributed by atoms with Gasteiger partial charge in [-0.15, -0.1) is 0 Å². The van der Waals surface area contributed by atoms with E-state index in [4.69, 9.17) is 0 Å². The maximum absolute atomic E-state index is 13.5. The maximum atomic E-state index is 13.5. The van der Waals surface area contributed by atoms with Crippen LogP contribution >= 0.6 is 0 Å². The lowest BCUT2D eigenvalue weighted by Gasteiger charge is -2.25. The second-order valence-corrected chi connectivity index (χ2v) is 6.65. The third kappa shape index (κ3) is 4.47. The first kappa shape index (κ1) is 19.8. The molecule has 28 heavy (non-hydrogen) atoms. The molecule has 1 aliphatic heterocycles. The second kappa shape index (κ2) is 8.82. The molecule has 148 valence electrons. The van der Waals surface area contributed by atoms with Crippen LogP contribution in [0.4, 0.5) is 25.0 Å². The molecule has 0 saturated heterocycles. The van der Waals surface area contributed by atoms with Gasteiger partial charge in [-0.05, 0) is 74.2 Å². The van der Waals surface area contributed by atoms with E-state index in [-0.39, 0.29) is 24.1 Å². The number of urea groups is 1. The Hall–Kier alpha value is -2.96. The van der Waals surface area contributed by atoms with Crippen LogP contribution in [0, 0.1) is 11.6 Å². The first-order valence-electron chi connectivity index (χ1n) is 9.39. The largest absolute Gasteiger partial charge is 0.329 e. The van der Waals surface area contributed by atoms with Crippen molar-refractivity contribution in [2.45, 2.75) is 26.2 Å². The minimum atomic E-state index is -0.390. The quantitative estimate of drug-likeness (QED) is 0.866. The second-order valence-electron chi connectivity index (χ2n) is 6.65. The van der Waals surface area contributed by atoms with Crippen LogP contribution in [0.25, 0.3) is 0 Å². The van der Waals surface area contributed by atoms with Gasteiger partial charge in [-0.1, -0.05) is 0 Å². The Morgan fingerprint density at radius 2 is 1.79 bits per heavy atom. The highest BCUT2D eigenvalue weighted by Crippen LogP contribution is 2.27. The Bertz CT molecular complexity index is 855. The smallest absolute Gasteiger partial charge is 0.322 e. The molecular weight excluding hydrogens is 364 g/mol. The zero-order valence-electron chi connectivity index (χ0n) is 15.8. The van der Waals surface area contributed by atoms with Crippen LogP contribution in [-0.4, -0.2) is 31.6 Å². The Kier molecular flexibility index (Phi) is 6.23. The van der Waals surface area contributed by atoms with Crippen molar-refractivity contribution in [3.8, 4) is 0 Å². The molecule has 2 aromatic carbocycles. The standard InChI is InChI=1S/C21H23F2N3O2/c1-2-25(18-9-6-16(22)7-10-18)20(27)14-24-21(28)26-12-4-3-5-15-13-17(23)8-11-19(15)26/h6-11,13H,2-5,12,14H2,1H3,(H,24,28). The highest BCUT2D eigenvalue weighted by atomic mass is 19.1. The number of carbonyl (C=O) groups is 2. The van der Waals surface area contributed by atoms with Crippen molar-refractivity contribution in [3.63, 3.8) is 0 Å². The molecule has 1 heterocycles. The lowest BCUT2D eigenvalue weighted by atomic mass is 10.1. The molecule has 0 aromatic heterocycles. The first-order valence-corrected chi connectivity index (χ1v) is 9.39. The third-order valence-corrected chi connectivity index (χ3v) is 4.80. The molecule has 0 fully saturated rings. The van der Waals surface area contributed by atoms with Gasteiger partial charge < -0.3 is 10.2 Å². The third-order valence-electron chi connectivity index (χ3n) is 4.80. The fourth-order valence-corrected chi connectivity index (χ4v) is 3.40. The number of hydrogen-bond acceptors (Lipinski definition) is 2. The Balaban J connectivity index is 1.68. The van der Waals surface area contributed by atoms with E-state index in [1.807, 2.05) is 6.92 Å². The van der Waals surface area contributed by atoms with Gasteiger partial charge >= 0.3 is 6.03 Å². The summed E-state index contributed by atoms with van der Waals surface area (Å²) in [7, 11) is 0. The molecule has 0 unspecified atom stereocenters. The predicted molar refractivity (Wildman–Crippen MR) is 105 cm³/mol. The highest BCUT2D eigenvalue weighted by molar-refractivity contribution is 5.99. The van der Waals surface area contributed by atoms with Gasteiger partial charge in [-0.25, -0.2) is 13.6 Å². The zero-order chi connectivity index (χ0) is 20.1. The highest BCUT2D eigenvalue weighted by Gasteiger charge is 2.23. The topological polar surface area (TPSA) is 52.7 Å². The van der Waals surface area contributed by atoms with E-state index in [2.05, 4.69) is 5.32 Å². The van der Waals surface area contributed by atoms with Crippen molar-refractivity contribution in [3.05, 3.63) is 59.7 Å². The summed E-state index contributed by atoms with van der Waals surface area (Å²) in [6.45, 7) is 2.53. The molecule has 0 aliphatic carbocycles. The molecule has 3 amide bonds. The van der Waals surface area contributed by atoms with E-state index < -0.39 is 6.03 Å². The number of nitrogens with one attached hydrogen (secondary N) is 1. The van der Waals surface area contributed by atoms with E-state index in [0.29, 0.717) is 30.9 Å². The molecule has 0 bridgehead atoms. The van der Waals surface area contributed by atoms with Crippen molar-refractivity contribution in [1.29, 1.82) is 0 Å². The molecule has 0 atom stereocenters. The van der Waals surface area contributed by atoms with Gasteiger partial charge in [0.05, 0.1) is 6.54 Å². The number of fused-ring (bicyclic) bond motifs is 1. The molecule has 0 saturated carbocycles. The summed E-state index contributed by atoms with van der Waals surface area (Å²) in [4.78, 5) is 28.3. The summed E-state index contributed by atoms with van der Waals surface area (Å²) in [5, 5.41) is 2.66. The van der Waals surface area contributed by atoms with Crippen molar-refractivity contribution >= 4 is 23.3 Å². The number of nitrogens with zero attached hydrogens (tertiary/aromatic N) is 2. The normalized spacial score (nSPS) is 13.5. The fraction of sp³-hybridized carbons (Fsp3) is 0.333. The number of rotatable bonds is 4. The lowest BCUT2D eigenvalue weighted by Crippen LogP contribution is -2.46. The molecular formula is C21H23F2N3O2. The molecule has 7 heteroatoms. The maximum Gasteiger partial charge on any atom is 0.322 e. The molecule has 5 nitrogen and oxygen atoms in total. The van der Waals surface area contributed by atoms with E-state index >= 15 is 0 Å². The first-order chi connectivity index (χ1) is 13.5. The SMILES string of the molecule is CCN(C(=O)CNC(=O)N1CCCCc2cc(F)ccc21)c1ccc(F)cc1. The molecule has 1 N–H and O–H groups in total. The number of benzene rings is 2. The number of likely N-dealkylation sites (N-methyl/N-ethyl adjacent to an activating group) is 1. The van der Waals surface area contributed by atoms with Crippen molar-refractivity contribution < 1.29 is 18.4 Å². The monoisotopic (exact) mass is 387 g/mol. The van der Waals surface area contributed by atoms with Gasteiger partial charge in [0, 0.05) is 24.5 Å². The van der Waals surface area contributed by atoms with Crippen LogP contribution in [-0.2, 0) is 11.2 Å². The van der Waals surface area contributed by atoms with Crippen LogP contribution < -0.4 is 15.1 Å². The number of amides is 3. The Labute approximate surface area is 162 Å². The molecule has 3 rings (SSSR count). The Morgan fingerprint density at radius 3 is 2.50 bits per heavy atom. The number of halogens is 2. The molecule has 1 aliphatic rings. The summed E-state index contributed by atoms with van der Waals surface area (Å²) >= 11 is 0. The van der Waals surface area contributed by atoms with E-state index in [9.17, 15) is 18.4 Å². The van der Waals surface area contributed by atoms with Gasteiger partial charge in [0.2, 0.25) is 5.91 Å².